The van der Waals surface area contributed by atoms with Crippen molar-refractivity contribution in [2.24, 2.45) is 5.92 Å². The molecule has 2 aromatic carbocycles. The van der Waals surface area contributed by atoms with Crippen LogP contribution in [0.2, 0.25) is 0 Å². The lowest BCUT2D eigenvalue weighted by Gasteiger charge is -2.50. The maximum absolute atomic E-state index is 12.8. The molecule has 7 heteroatoms. The highest BCUT2D eigenvalue weighted by atomic mass is 16.7. The van der Waals surface area contributed by atoms with E-state index in [1.165, 1.54) is 19.3 Å². The third-order valence-electron chi connectivity index (χ3n) is 8.56. The fourth-order valence-corrected chi connectivity index (χ4v) is 6.50. The zero-order valence-electron chi connectivity index (χ0n) is 23.1. The molecule has 4 saturated heterocycles. The van der Waals surface area contributed by atoms with E-state index in [1.54, 1.807) is 4.90 Å². The summed E-state index contributed by atoms with van der Waals surface area (Å²) in [5.74, 6) is 1.23. The first kappa shape index (κ1) is 27.9. The van der Waals surface area contributed by atoms with Gasteiger partial charge in [-0.15, -0.1) is 0 Å². The van der Waals surface area contributed by atoms with Gasteiger partial charge in [0.25, 0.3) is 0 Å². The van der Waals surface area contributed by atoms with Crippen LogP contribution in [0.3, 0.4) is 0 Å². The lowest BCUT2D eigenvalue weighted by atomic mass is 9.81. The number of benzene rings is 2. The highest BCUT2D eigenvalue weighted by molar-refractivity contribution is 5.67. The summed E-state index contributed by atoms with van der Waals surface area (Å²) >= 11 is 0. The number of fused-ring (bicyclic) bond motifs is 3. The first-order chi connectivity index (χ1) is 19.2. The van der Waals surface area contributed by atoms with Crippen LogP contribution in [0.15, 0.2) is 54.6 Å². The molecular formula is C32H44N2O5. The van der Waals surface area contributed by atoms with Crippen LogP contribution in [0.5, 0.6) is 5.75 Å². The predicted octanol–water partition coefficient (Wildman–Crippen LogP) is 6.33. The molecule has 1 amide bonds. The molecule has 0 spiro atoms. The lowest BCUT2D eigenvalue weighted by Crippen LogP contribution is -2.59. The molecule has 39 heavy (non-hydrogen) atoms. The number of piperidine rings is 3. The van der Waals surface area contributed by atoms with E-state index < -0.39 is 6.09 Å². The fourth-order valence-electron chi connectivity index (χ4n) is 6.50. The van der Waals surface area contributed by atoms with E-state index in [-0.39, 0.29) is 18.4 Å². The maximum atomic E-state index is 12.8. The molecule has 0 radical (unpaired) electrons. The zero-order valence-corrected chi connectivity index (χ0v) is 23.1. The summed E-state index contributed by atoms with van der Waals surface area (Å²) in [7, 11) is 0. The number of carboxylic acid groups (broad SMARTS) is 1. The molecule has 4 aliphatic heterocycles. The average Bonchev–Trinajstić information content (AvgIpc) is 3.49. The number of unbranched alkanes of at least 4 members (excludes halogenated alkanes) is 5. The summed E-state index contributed by atoms with van der Waals surface area (Å²) in [6.45, 7) is 5.12. The molecule has 4 aliphatic rings. The monoisotopic (exact) mass is 536 g/mol. The van der Waals surface area contributed by atoms with Gasteiger partial charge in [0.2, 0.25) is 0 Å². The molecule has 2 bridgehead atoms. The first-order valence-corrected chi connectivity index (χ1v) is 14.9. The zero-order chi connectivity index (χ0) is 26.9. The number of rotatable bonds is 14. The van der Waals surface area contributed by atoms with Crippen molar-refractivity contribution in [1.82, 2.24) is 9.80 Å². The summed E-state index contributed by atoms with van der Waals surface area (Å²) in [5, 5.41) is 10.5. The van der Waals surface area contributed by atoms with E-state index in [0.29, 0.717) is 12.5 Å². The number of hydrogen-bond acceptors (Lipinski definition) is 5. The van der Waals surface area contributed by atoms with Crippen LogP contribution < -0.4 is 4.74 Å². The van der Waals surface area contributed by atoms with Gasteiger partial charge >= 0.3 is 6.09 Å². The molecule has 0 aliphatic carbocycles. The van der Waals surface area contributed by atoms with E-state index in [4.69, 9.17) is 14.2 Å². The molecule has 2 atom stereocenters. The highest BCUT2D eigenvalue weighted by Gasteiger charge is 2.43. The Kier molecular flexibility index (Phi) is 10.1. The minimum atomic E-state index is -0.850. The second-order valence-electron chi connectivity index (χ2n) is 11.2. The van der Waals surface area contributed by atoms with Gasteiger partial charge in [-0.2, -0.15) is 0 Å². The second kappa shape index (κ2) is 14.1. The topological polar surface area (TPSA) is 71.5 Å². The molecule has 0 aromatic heterocycles. The van der Waals surface area contributed by atoms with Crippen molar-refractivity contribution in [3.05, 3.63) is 65.7 Å². The average molecular weight is 537 g/mol. The van der Waals surface area contributed by atoms with Crippen molar-refractivity contribution >= 4 is 6.09 Å². The van der Waals surface area contributed by atoms with Gasteiger partial charge in [0.05, 0.1) is 31.9 Å². The Morgan fingerprint density at radius 2 is 1.62 bits per heavy atom. The highest BCUT2D eigenvalue weighted by Crippen LogP contribution is 2.39. The van der Waals surface area contributed by atoms with Crippen molar-refractivity contribution < 1.29 is 24.1 Å². The SMILES string of the molecule is O=C(O)N(C(c1ccccc1)c1cccc(OCCCCCCCCC2OCCO2)c1)[C@H]1CN2CCC1CC2. The fraction of sp³-hybridized carbons (Fsp3) is 0.594. The second-order valence-corrected chi connectivity index (χ2v) is 11.2. The van der Waals surface area contributed by atoms with Crippen molar-refractivity contribution in [2.75, 3.05) is 39.5 Å². The normalized spacial score (nSPS) is 23.5. The van der Waals surface area contributed by atoms with Gasteiger partial charge in [0, 0.05) is 6.54 Å². The Morgan fingerprint density at radius 3 is 2.31 bits per heavy atom. The van der Waals surface area contributed by atoms with Crippen LogP contribution in [0.4, 0.5) is 4.79 Å². The molecular weight excluding hydrogens is 492 g/mol. The number of amides is 1. The smallest absolute Gasteiger partial charge is 0.408 e. The van der Waals surface area contributed by atoms with Crippen molar-refractivity contribution in [2.45, 2.75) is 76.2 Å². The molecule has 2 aromatic rings. The van der Waals surface area contributed by atoms with Gasteiger partial charge in [0.1, 0.15) is 5.75 Å². The summed E-state index contributed by atoms with van der Waals surface area (Å²) in [5.41, 5.74) is 1.97. The number of carbonyl (C=O) groups is 1. The van der Waals surface area contributed by atoms with Crippen LogP contribution >= 0.6 is 0 Å². The largest absolute Gasteiger partial charge is 0.494 e. The van der Waals surface area contributed by atoms with E-state index in [1.807, 2.05) is 54.6 Å². The quantitative estimate of drug-likeness (QED) is 0.285. The minimum absolute atomic E-state index is 0.00186. The van der Waals surface area contributed by atoms with Crippen LogP contribution in [0.1, 0.15) is 75.0 Å². The molecule has 4 fully saturated rings. The molecule has 212 valence electrons. The van der Waals surface area contributed by atoms with Gasteiger partial charge in [-0.3, -0.25) is 4.90 Å². The number of nitrogens with zero attached hydrogens (tertiary/aromatic N) is 2. The molecule has 1 N–H and O–H groups in total. The number of ether oxygens (including phenoxy) is 3. The number of hydrogen-bond donors (Lipinski definition) is 1. The van der Waals surface area contributed by atoms with Gasteiger partial charge in [-0.1, -0.05) is 68.1 Å². The Bertz CT molecular complexity index is 1020. The standard InChI is InChI=1S/C32H44N2O5/c35-32(36)34(29-24-33-18-16-25(29)17-19-33)31(26-11-6-5-7-12-26)27-13-10-14-28(23-27)37-20-9-4-2-1-3-8-15-30-38-21-22-39-30/h5-7,10-14,23,25,29-31H,1-4,8-9,15-22,24H2,(H,35,36)/t29-,31?/m0/s1. The van der Waals surface area contributed by atoms with Gasteiger partial charge < -0.3 is 24.2 Å². The van der Waals surface area contributed by atoms with Crippen LogP contribution in [-0.4, -0.2) is 72.8 Å². The van der Waals surface area contributed by atoms with Gasteiger partial charge in [-0.25, -0.2) is 4.79 Å². The van der Waals surface area contributed by atoms with Gasteiger partial charge in [0.15, 0.2) is 6.29 Å². The van der Waals surface area contributed by atoms with Gasteiger partial charge in [-0.05, 0) is 74.4 Å². The van der Waals surface area contributed by atoms with Crippen molar-refractivity contribution in [3.63, 3.8) is 0 Å². The summed E-state index contributed by atoms with van der Waals surface area (Å²) in [6.07, 6.45) is 9.29. The minimum Gasteiger partial charge on any atom is -0.494 e. The Balaban J connectivity index is 1.17. The maximum Gasteiger partial charge on any atom is 0.408 e. The summed E-state index contributed by atoms with van der Waals surface area (Å²) in [6, 6.07) is 17.8. The van der Waals surface area contributed by atoms with E-state index in [9.17, 15) is 9.90 Å². The molecule has 6 rings (SSSR count). The predicted molar refractivity (Wildman–Crippen MR) is 151 cm³/mol. The van der Waals surface area contributed by atoms with Crippen LogP contribution in [-0.2, 0) is 9.47 Å². The van der Waals surface area contributed by atoms with Crippen molar-refractivity contribution in [1.29, 1.82) is 0 Å². The van der Waals surface area contributed by atoms with Crippen LogP contribution in [0.25, 0.3) is 0 Å². The molecule has 0 saturated carbocycles. The summed E-state index contributed by atoms with van der Waals surface area (Å²) < 4.78 is 17.2. The first-order valence-electron chi connectivity index (χ1n) is 14.9. The Morgan fingerprint density at radius 1 is 0.923 bits per heavy atom. The van der Waals surface area contributed by atoms with Crippen LogP contribution in [0, 0.1) is 5.92 Å². The van der Waals surface area contributed by atoms with E-state index in [0.717, 1.165) is 88.2 Å². The summed E-state index contributed by atoms with van der Waals surface area (Å²) in [4.78, 5) is 17.0. The van der Waals surface area contributed by atoms with E-state index in [2.05, 4.69) is 4.90 Å². The third kappa shape index (κ3) is 7.53. The third-order valence-corrected chi connectivity index (χ3v) is 8.56. The van der Waals surface area contributed by atoms with Crippen molar-refractivity contribution in [3.8, 4) is 5.75 Å². The Labute approximate surface area is 233 Å². The Hall–Kier alpha value is -2.61. The van der Waals surface area contributed by atoms with E-state index >= 15 is 0 Å². The lowest BCUT2D eigenvalue weighted by molar-refractivity contribution is -0.0480. The molecule has 4 heterocycles. The molecule has 1 unspecified atom stereocenters. The molecule has 7 nitrogen and oxygen atoms in total.